The molecule has 5 rings (SSSR count). The third-order valence-electron chi connectivity index (χ3n) is 7.01. The fourth-order valence-electron chi connectivity index (χ4n) is 4.77. The first-order valence-electron chi connectivity index (χ1n) is 13.6. The number of benzene rings is 4. The first-order chi connectivity index (χ1) is 20.4. The van der Waals surface area contributed by atoms with Gasteiger partial charge in [0, 0.05) is 24.5 Å². The minimum atomic E-state index is -0.216. The van der Waals surface area contributed by atoms with Crippen molar-refractivity contribution in [1.29, 1.82) is 0 Å². The molecule has 1 aromatic heterocycles. The number of amides is 2. The summed E-state index contributed by atoms with van der Waals surface area (Å²) in [6.45, 7) is 1.36. The van der Waals surface area contributed by atoms with Gasteiger partial charge in [-0.25, -0.2) is 9.78 Å². The molecule has 0 saturated heterocycles. The van der Waals surface area contributed by atoms with E-state index in [1.807, 2.05) is 67.8 Å². The summed E-state index contributed by atoms with van der Waals surface area (Å²) < 4.78 is 18.6. The lowest BCUT2D eigenvalue weighted by Crippen LogP contribution is -2.34. The van der Waals surface area contributed by atoms with E-state index in [-0.39, 0.29) is 6.03 Å². The molecule has 216 valence electrons. The number of nitrogens with one attached hydrogen (secondary N) is 2. The molecule has 4 aromatic carbocycles. The zero-order valence-electron chi connectivity index (χ0n) is 24.5. The van der Waals surface area contributed by atoms with Crippen LogP contribution >= 0.6 is 0 Å². The smallest absolute Gasteiger partial charge is 0.319 e. The van der Waals surface area contributed by atoms with Gasteiger partial charge in [-0.1, -0.05) is 30.3 Å². The number of imidazole rings is 1. The molecule has 0 spiro atoms. The predicted octanol–water partition coefficient (Wildman–Crippen LogP) is 6.07. The third-order valence-corrected chi connectivity index (χ3v) is 7.01. The summed E-state index contributed by atoms with van der Waals surface area (Å²) in [7, 11) is 8.76. The maximum Gasteiger partial charge on any atom is 0.319 e. The number of hydrogen-bond acceptors (Lipinski definition) is 6. The summed E-state index contributed by atoms with van der Waals surface area (Å²) in [5, 5.41) is 5.74. The number of anilines is 1. The van der Waals surface area contributed by atoms with Gasteiger partial charge < -0.3 is 29.7 Å². The van der Waals surface area contributed by atoms with Crippen LogP contribution in [0.3, 0.4) is 0 Å². The van der Waals surface area contributed by atoms with E-state index in [9.17, 15) is 4.79 Å². The highest BCUT2D eigenvalue weighted by molar-refractivity contribution is 5.90. The maximum atomic E-state index is 12.2. The van der Waals surface area contributed by atoms with Gasteiger partial charge in [0.25, 0.3) is 0 Å². The fourth-order valence-corrected chi connectivity index (χ4v) is 4.77. The lowest BCUT2D eigenvalue weighted by atomic mass is 10.0. The summed E-state index contributed by atoms with van der Waals surface area (Å²) >= 11 is 0. The molecular formula is C33H35N5O4. The lowest BCUT2D eigenvalue weighted by molar-refractivity contribution is 0.250. The molecule has 0 aliphatic heterocycles. The number of methoxy groups -OCH3 is 3. The predicted molar refractivity (Wildman–Crippen MR) is 167 cm³/mol. The maximum absolute atomic E-state index is 12.2. The molecule has 42 heavy (non-hydrogen) atoms. The highest BCUT2D eigenvalue weighted by Gasteiger charge is 2.15. The number of ether oxygens (including phenoxy) is 3. The molecule has 2 amide bonds. The number of rotatable bonds is 10. The molecule has 2 N–H and O–H groups in total. The van der Waals surface area contributed by atoms with Crippen LogP contribution in [0.15, 0.2) is 85.2 Å². The average molecular weight is 566 g/mol. The largest absolute Gasteiger partial charge is 0.493 e. The highest BCUT2D eigenvalue weighted by Crippen LogP contribution is 2.41. The van der Waals surface area contributed by atoms with E-state index < -0.39 is 0 Å². The number of carbonyl (C=O) groups is 1. The van der Waals surface area contributed by atoms with Crippen LogP contribution in [-0.2, 0) is 0 Å². The van der Waals surface area contributed by atoms with Crippen molar-refractivity contribution in [1.82, 2.24) is 19.8 Å². The van der Waals surface area contributed by atoms with Crippen LogP contribution in [0.1, 0.15) is 0 Å². The standard InChI is InChI=1S/C33H35N5O4/c1-37(2)17-16-34-33(39)36-26-11-6-22(7-12-26)24-10-15-28-29(18-24)38(21-35-28)27-13-8-23(9-14-27)25-19-30(40-3)32(42-5)31(20-25)41-4/h6-15,18-21H,16-17H2,1-5H3,(H2,34,36,39). The van der Waals surface area contributed by atoms with Crippen molar-refractivity contribution in [3.8, 4) is 45.2 Å². The Kier molecular flexibility index (Phi) is 8.59. The van der Waals surface area contributed by atoms with Crippen LogP contribution in [-0.4, -0.2) is 69.0 Å². The average Bonchev–Trinajstić information content (AvgIpc) is 3.44. The second-order valence-electron chi connectivity index (χ2n) is 10.0. The number of hydrogen-bond donors (Lipinski definition) is 2. The number of carbonyl (C=O) groups excluding carboxylic acids is 1. The van der Waals surface area contributed by atoms with E-state index in [0.29, 0.717) is 23.8 Å². The molecule has 0 saturated carbocycles. The molecular weight excluding hydrogens is 530 g/mol. The number of likely N-dealkylation sites (N-methyl/N-ethyl adjacent to an activating group) is 1. The van der Waals surface area contributed by atoms with Crippen molar-refractivity contribution in [2.45, 2.75) is 0 Å². The van der Waals surface area contributed by atoms with Crippen LogP contribution < -0.4 is 24.8 Å². The van der Waals surface area contributed by atoms with Crippen molar-refractivity contribution < 1.29 is 19.0 Å². The van der Waals surface area contributed by atoms with E-state index in [4.69, 9.17) is 14.2 Å². The molecule has 0 bridgehead atoms. The quantitative estimate of drug-likeness (QED) is 0.214. The minimum absolute atomic E-state index is 0.216. The third kappa shape index (κ3) is 6.16. The normalized spacial score (nSPS) is 11.0. The van der Waals surface area contributed by atoms with Gasteiger partial charge in [-0.15, -0.1) is 0 Å². The van der Waals surface area contributed by atoms with Gasteiger partial charge in [0.05, 0.1) is 32.4 Å². The van der Waals surface area contributed by atoms with E-state index in [0.717, 1.165) is 51.2 Å². The molecule has 0 fully saturated rings. The zero-order chi connectivity index (χ0) is 29.6. The second kappa shape index (κ2) is 12.7. The fraction of sp³-hybridized carbons (Fsp3) is 0.212. The Morgan fingerprint density at radius 1 is 0.786 bits per heavy atom. The molecule has 9 heteroatoms. The van der Waals surface area contributed by atoms with E-state index in [1.165, 1.54) is 0 Å². The Hall–Kier alpha value is -5.02. The number of aromatic nitrogens is 2. The van der Waals surface area contributed by atoms with Crippen molar-refractivity contribution in [2.24, 2.45) is 0 Å². The van der Waals surface area contributed by atoms with Crippen molar-refractivity contribution in [3.05, 3.63) is 85.2 Å². The zero-order valence-corrected chi connectivity index (χ0v) is 24.5. The van der Waals surface area contributed by atoms with Crippen LogP contribution in [0.4, 0.5) is 10.5 Å². The molecule has 9 nitrogen and oxygen atoms in total. The van der Waals surface area contributed by atoms with Crippen LogP contribution in [0.5, 0.6) is 17.2 Å². The Morgan fingerprint density at radius 3 is 2.02 bits per heavy atom. The monoisotopic (exact) mass is 565 g/mol. The Balaban J connectivity index is 1.36. The summed E-state index contributed by atoms with van der Waals surface area (Å²) in [5.41, 5.74) is 7.70. The number of fused-ring (bicyclic) bond motifs is 1. The lowest BCUT2D eigenvalue weighted by Gasteiger charge is -2.14. The number of nitrogens with zero attached hydrogens (tertiary/aromatic N) is 3. The summed E-state index contributed by atoms with van der Waals surface area (Å²) in [6.07, 6.45) is 1.84. The highest BCUT2D eigenvalue weighted by atomic mass is 16.5. The van der Waals surface area contributed by atoms with Crippen molar-refractivity contribution in [3.63, 3.8) is 0 Å². The summed E-state index contributed by atoms with van der Waals surface area (Å²) in [4.78, 5) is 18.8. The molecule has 0 radical (unpaired) electrons. The molecule has 0 aliphatic rings. The van der Waals surface area contributed by atoms with E-state index >= 15 is 0 Å². The Morgan fingerprint density at radius 2 is 1.40 bits per heavy atom. The van der Waals surface area contributed by atoms with E-state index in [2.05, 4.69) is 56.6 Å². The SMILES string of the molecule is COc1cc(-c2ccc(-n3cnc4ccc(-c5ccc(NC(=O)NCCN(C)C)cc5)cc43)cc2)cc(OC)c1OC. The Labute approximate surface area is 245 Å². The number of urea groups is 1. The molecule has 5 aromatic rings. The first kappa shape index (κ1) is 28.5. The van der Waals surface area contributed by atoms with Gasteiger partial charge in [-0.2, -0.15) is 0 Å². The topological polar surface area (TPSA) is 89.9 Å². The van der Waals surface area contributed by atoms with Crippen LogP contribution in [0, 0.1) is 0 Å². The summed E-state index contributed by atoms with van der Waals surface area (Å²) in [6, 6.07) is 26.0. The van der Waals surface area contributed by atoms with Crippen molar-refractivity contribution >= 4 is 22.8 Å². The van der Waals surface area contributed by atoms with Gasteiger partial charge in [0.2, 0.25) is 5.75 Å². The van der Waals surface area contributed by atoms with E-state index in [1.54, 1.807) is 21.3 Å². The van der Waals surface area contributed by atoms with Gasteiger partial charge in [-0.05, 0) is 84.9 Å². The van der Waals surface area contributed by atoms with Gasteiger partial charge in [0.15, 0.2) is 11.5 Å². The molecule has 1 heterocycles. The Bertz CT molecular complexity index is 1650. The molecule has 0 atom stereocenters. The van der Waals surface area contributed by atoms with Crippen molar-refractivity contribution in [2.75, 3.05) is 53.8 Å². The first-order valence-corrected chi connectivity index (χ1v) is 13.6. The second-order valence-corrected chi connectivity index (χ2v) is 10.0. The van der Waals surface area contributed by atoms with Gasteiger partial charge in [0.1, 0.15) is 6.33 Å². The van der Waals surface area contributed by atoms with Gasteiger partial charge in [-0.3, -0.25) is 4.57 Å². The summed E-state index contributed by atoms with van der Waals surface area (Å²) in [5.74, 6) is 1.78. The molecule has 0 unspecified atom stereocenters. The van der Waals surface area contributed by atoms with Gasteiger partial charge >= 0.3 is 6.03 Å². The molecule has 0 aliphatic carbocycles. The van der Waals surface area contributed by atoms with Crippen LogP contribution in [0.2, 0.25) is 0 Å². The van der Waals surface area contributed by atoms with Crippen LogP contribution in [0.25, 0.3) is 39.0 Å². The minimum Gasteiger partial charge on any atom is -0.493 e.